The summed E-state index contributed by atoms with van der Waals surface area (Å²) in [7, 11) is 0. The number of carboxylic acids is 1. The Kier molecular flexibility index (Phi) is 18.6. The summed E-state index contributed by atoms with van der Waals surface area (Å²) < 4.78 is 36.7. The molecule has 0 saturated carbocycles. The Morgan fingerprint density at radius 3 is 1.83 bits per heavy atom. The van der Waals surface area contributed by atoms with E-state index in [2.05, 4.69) is 60.8 Å². The molecular formula is C42H47NO10. The van der Waals surface area contributed by atoms with E-state index in [4.69, 9.17) is 18.3 Å². The van der Waals surface area contributed by atoms with Gasteiger partial charge in [0.1, 0.15) is 23.1 Å². The van der Waals surface area contributed by atoms with Gasteiger partial charge in [0.25, 0.3) is 5.91 Å². The van der Waals surface area contributed by atoms with E-state index < -0.39 is 67.2 Å². The molecule has 11 heteroatoms. The number of carbonyl (C=O) groups excluding carboxylic acids is 5. The topological polar surface area (TPSA) is 162 Å². The fourth-order valence-corrected chi connectivity index (χ4v) is 4.42. The molecule has 11 nitrogen and oxygen atoms in total. The highest BCUT2D eigenvalue weighted by atomic mass is 16.6. The number of allylic oxidation sites excluding steroid dienone is 11. The van der Waals surface area contributed by atoms with E-state index >= 15 is 0 Å². The second-order valence-corrected chi connectivity index (χ2v) is 11.2. The van der Waals surface area contributed by atoms with E-state index in [9.17, 15) is 33.9 Å². The second-order valence-electron chi connectivity index (χ2n) is 11.2. The van der Waals surface area contributed by atoms with Gasteiger partial charge in [-0.1, -0.05) is 98.0 Å². The average Bonchev–Trinajstić information content (AvgIpc) is 3.15. The predicted molar refractivity (Wildman–Crippen MR) is 201 cm³/mol. The van der Waals surface area contributed by atoms with Gasteiger partial charge in [0.15, 0.2) is 0 Å². The van der Waals surface area contributed by atoms with Crippen LogP contribution < -0.4 is 14.8 Å². The number of hydrogen-bond donors (Lipinski definition) is 2. The van der Waals surface area contributed by atoms with Gasteiger partial charge in [-0.05, 0) is 75.6 Å². The highest BCUT2D eigenvalue weighted by Gasteiger charge is 2.27. The molecule has 2 aromatic carbocycles. The zero-order valence-electron chi connectivity index (χ0n) is 32.6. The van der Waals surface area contributed by atoms with Crippen molar-refractivity contribution in [2.24, 2.45) is 0 Å². The van der Waals surface area contributed by atoms with Gasteiger partial charge in [-0.2, -0.15) is 0 Å². The van der Waals surface area contributed by atoms with Gasteiger partial charge < -0.3 is 24.6 Å². The van der Waals surface area contributed by atoms with Crippen molar-refractivity contribution in [3.63, 3.8) is 0 Å². The van der Waals surface area contributed by atoms with E-state index in [1.54, 1.807) is 0 Å². The minimum Gasteiger partial charge on any atom is -0.481 e. The molecule has 280 valence electrons. The lowest BCUT2D eigenvalue weighted by molar-refractivity contribution is -0.157. The minimum absolute atomic E-state index is 0.257. The van der Waals surface area contributed by atoms with Crippen LogP contribution in [0.2, 0.25) is 0 Å². The molecule has 0 radical (unpaired) electrons. The molecule has 0 aliphatic rings. The molecule has 0 spiro atoms. The molecule has 0 aromatic heterocycles. The molecule has 2 rings (SSSR count). The van der Waals surface area contributed by atoms with Gasteiger partial charge in [0.05, 0.1) is 5.56 Å². The number of rotatable bonds is 22. The Bertz CT molecular complexity index is 1820. The molecule has 0 aliphatic heterocycles. The third-order valence-electron chi connectivity index (χ3n) is 6.99. The van der Waals surface area contributed by atoms with Crippen LogP contribution in [0, 0.1) is 0 Å². The average molecular weight is 729 g/mol. The summed E-state index contributed by atoms with van der Waals surface area (Å²) in [5.74, 6) is -7.85. The quantitative estimate of drug-likeness (QED) is 0.0304. The van der Waals surface area contributed by atoms with E-state index in [-0.39, 0.29) is 16.9 Å². The zero-order chi connectivity index (χ0) is 41.2. The van der Waals surface area contributed by atoms with Gasteiger partial charge in [-0.15, -0.1) is 0 Å². The highest BCUT2D eigenvalue weighted by molar-refractivity contribution is 6.02. The number of carboxylic acid groups (broad SMARTS) is 1. The van der Waals surface area contributed by atoms with Gasteiger partial charge >= 0.3 is 29.8 Å². The molecular weight excluding hydrogens is 678 g/mol. The maximum Gasteiger partial charge on any atom is 0.347 e. The third-order valence-corrected chi connectivity index (χ3v) is 6.99. The maximum absolute atomic E-state index is 13.3. The Hall–Kier alpha value is -6.10. The molecule has 0 aliphatic carbocycles. The lowest BCUT2D eigenvalue weighted by atomic mass is 10.1. The number of benzene rings is 2. The molecule has 2 aromatic rings. The molecule has 53 heavy (non-hydrogen) atoms. The van der Waals surface area contributed by atoms with Crippen molar-refractivity contribution in [1.82, 2.24) is 5.32 Å². The number of amides is 1. The van der Waals surface area contributed by atoms with E-state index in [0.717, 1.165) is 38.2 Å². The molecule has 0 bridgehead atoms. The number of ether oxygens (including phenoxy) is 3. The maximum atomic E-state index is 13.3. The standard InChI is InChI=1S/C42H47NO10/c1-3-4-5-6-7-8-9-10-11-12-13-14-15-16-17-18-19-20-29-39(47)53-42(50)35(30-31-38(45)46)43-40(48)33-25-21-23-27-36(33)52-41(49)34-26-22-24-28-37(34)51-32(2)44/h4-5,7-8,10-11,13-14,16-17,20-29,35H,3,6,9,12,15,18-19,30-31H2,1-2H3,(H,43,48)(H,45,46)/b5-4?,8-7?,11-10?,14-13?,17-16?,29-20+/i2D3. The molecule has 0 fully saturated rings. The van der Waals surface area contributed by atoms with Crippen molar-refractivity contribution in [1.29, 1.82) is 0 Å². The fraction of sp³-hybridized carbons (Fsp3) is 0.286. The smallest absolute Gasteiger partial charge is 0.347 e. The van der Waals surface area contributed by atoms with Crippen LogP contribution in [0.25, 0.3) is 0 Å². The second kappa shape index (κ2) is 25.8. The zero-order valence-corrected chi connectivity index (χ0v) is 29.6. The molecule has 0 heterocycles. The lowest BCUT2D eigenvalue weighted by Gasteiger charge is -2.17. The summed E-state index contributed by atoms with van der Waals surface area (Å²) in [5.41, 5.74) is -0.583. The predicted octanol–water partition coefficient (Wildman–Crippen LogP) is 7.95. The largest absolute Gasteiger partial charge is 0.481 e. The van der Waals surface area contributed by atoms with Crippen molar-refractivity contribution in [2.45, 2.75) is 77.6 Å². The first kappa shape index (κ1) is 38.1. The number of aliphatic carboxylic acids is 1. The monoisotopic (exact) mass is 728 g/mol. The van der Waals surface area contributed by atoms with Crippen LogP contribution in [-0.4, -0.2) is 46.9 Å². The van der Waals surface area contributed by atoms with Crippen LogP contribution in [0.5, 0.6) is 11.5 Å². The summed E-state index contributed by atoms with van der Waals surface area (Å²) in [5, 5.41) is 11.5. The van der Waals surface area contributed by atoms with Crippen LogP contribution in [-0.2, 0) is 23.9 Å². The molecule has 1 amide bonds. The van der Waals surface area contributed by atoms with Crippen LogP contribution in [0.4, 0.5) is 0 Å². The minimum atomic E-state index is -3.10. The van der Waals surface area contributed by atoms with E-state index in [1.807, 2.05) is 12.2 Å². The molecule has 1 unspecified atom stereocenters. The van der Waals surface area contributed by atoms with Crippen molar-refractivity contribution in [3.8, 4) is 11.5 Å². The SMILES string of the molecule is [2H]C([2H])([2H])C(=O)Oc1ccccc1C(=O)Oc1ccccc1C(=O)NC(CCC(=O)O)C(=O)OC(=O)/C=C/CCC=CCC=CCC=CCC=CCC=CCC. The number of hydrogen-bond acceptors (Lipinski definition) is 9. The first-order valence-electron chi connectivity index (χ1n) is 18.7. The van der Waals surface area contributed by atoms with Gasteiger partial charge in [-0.25, -0.2) is 14.4 Å². The van der Waals surface area contributed by atoms with Gasteiger partial charge in [-0.3, -0.25) is 14.4 Å². The van der Waals surface area contributed by atoms with Crippen molar-refractivity contribution in [3.05, 3.63) is 133 Å². The Balaban J connectivity index is 1.92. The summed E-state index contributed by atoms with van der Waals surface area (Å²) in [4.78, 5) is 74.8. The van der Waals surface area contributed by atoms with Crippen LogP contribution in [0.3, 0.4) is 0 Å². The Morgan fingerprint density at radius 2 is 1.25 bits per heavy atom. The van der Waals surface area contributed by atoms with Crippen LogP contribution in [0.1, 0.15) is 96.4 Å². The lowest BCUT2D eigenvalue weighted by Crippen LogP contribution is -2.43. The van der Waals surface area contributed by atoms with Crippen LogP contribution in [0.15, 0.2) is 121 Å². The first-order valence-corrected chi connectivity index (χ1v) is 17.2. The molecule has 0 saturated heterocycles. The van der Waals surface area contributed by atoms with E-state index in [0.29, 0.717) is 12.8 Å². The number of para-hydroxylation sites is 2. The number of unbranched alkanes of at least 4 members (excludes halogenated alkanes) is 1. The number of carbonyl (C=O) groups is 6. The molecule has 2 N–H and O–H groups in total. The Morgan fingerprint density at radius 1 is 0.717 bits per heavy atom. The van der Waals surface area contributed by atoms with Gasteiger partial charge in [0.2, 0.25) is 0 Å². The summed E-state index contributed by atoms with van der Waals surface area (Å²) in [6, 6.07) is 8.99. The summed E-state index contributed by atoms with van der Waals surface area (Å²) in [6.07, 6.45) is 28.1. The van der Waals surface area contributed by atoms with Crippen LogP contribution >= 0.6 is 0 Å². The third kappa shape index (κ3) is 18.6. The molecule has 1 atom stereocenters. The fourth-order valence-electron chi connectivity index (χ4n) is 4.42. The van der Waals surface area contributed by atoms with E-state index in [1.165, 1.54) is 54.6 Å². The van der Waals surface area contributed by atoms with Crippen molar-refractivity contribution < 1.29 is 52.2 Å². The Labute approximate surface area is 314 Å². The van der Waals surface area contributed by atoms with Crippen molar-refractivity contribution >= 4 is 35.8 Å². The number of esters is 4. The normalized spacial score (nSPS) is 13.3. The first-order chi connectivity index (χ1) is 26.8. The highest BCUT2D eigenvalue weighted by Crippen LogP contribution is 2.24. The number of nitrogens with one attached hydrogen (secondary N) is 1. The summed E-state index contributed by atoms with van der Waals surface area (Å²) in [6.45, 7) is -0.989. The van der Waals surface area contributed by atoms with Crippen molar-refractivity contribution in [2.75, 3.05) is 0 Å². The van der Waals surface area contributed by atoms with Gasteiger partial charge in [0, 0.05) is 23.5 Å². The summed E-state index contributed by atoms with van der Waals surface area (Å²) >= 11 is 0.